The van der Waals surface area contributed by atoms with Gasteiger partial charge in [-0.3, -0.25) is 4.55 Å². The van der Waals surface area contributed by atoms with E-state index in [1.165, 1.54) is 11.8 Å². The highest BCUT2D eigenvalue weighted by Crippen LogP contribution is 1.83. The molecule has 0 amide bonds. The molecule has 0 atom stereocenters. The van der Waals surface area contributed by atoms with Gasteiger partial charge in [0.25, 0.3) is 10.1 Å². The molecule has 7 heteroatoms. The lowest BCUT2D eigenvalue weighted by molar-refractivity contribution is -0.858. The molecule has 96 valence electrons. The Balaban J connectivity index is 0. The van der Waals surface area contributed by atoms with Crippen LogP contribution in [0.15, 0.2) is 12.2 Å². The van der Waals surface area contributed by atoms with Crippen LogP contribution >= 0.6 is 0 Å². The number of nitrogens with one attached hydrogen (secondary N) is 1. The summed E-state index contributed by atoms with van der Waals surface area (Å²) in [6, 6.07) is 0. The Labute approximate surface area is 96.3 Å². The van der Waals surface area contributed by atoms with Crippen molar-refractivity contribution in [2.24, 2.45) is 0 Å². The fourth-order valence-electron chi connectivity index (χ4n) is 0.608. The van der Waals surface area contributed by atoms with Gasteiger partial charge in [0, 0.05) is 6.42 Å². The van der Waals surface area contributed by atoms with Crippen LogP contribution in [0, 0.1) is 0 Å². The molecule has 0 bridgehead atoms. The van der Waals surface area contributed by atoms with Crippen molar-refractivity contribution < 1.29 is 27.8 Å². The third kappa shape index (κ3) is 18.8. The Bertz CT molecular complexity index is 309. The molecule has 2 N–H and O–H groups in total. The third-order valence-corrected chi connectivity index (χ3v) is 2.23. The van der Waals surface area contributed by atoms with Crippen molar-refractivity contribution in [1.82, 2.24) is 0 Å². The summed E-state index contributed by atoms with van der Waals surface area (Å²) in [6.07, 6.45) is 0.515. The first-order valence-electron chi connectivity index (χ1n) is 4.67. The molecule has 0 heterocycles. The van der Waals surface area contributed by atoms with Gasteiger partial charge in [0.05, 0.1) is 32.4 Å². The molecule has 0 saturated heterocycles. The van der Waals surface area contributed by atoms with E-state index in [2.05, 4.69) is 6.58 Å². The summed E-state index contributed by atoms with van der Waals surface area (Å²) in [5.74, 6) is -1.31. The fraction of sp³-hybridized carbons (Fsp3) is 0.667. The SMILES string of the molecule is C=C(C)C(=O)[O-].C[NH+](C)CCCS(=O)(=O)O. The van der Waals surface area contributed by atoms with Gasteiger partial charge in [-0.2, -0.15) is 8.42 Å². The number of carboxylic acid groups (broad SMARTS) is 1. The van der Waals surface area contributed by atoms with Gasteiger partial charge in [0.2, 0.25) is 0 Å². The van der Waals surface area contributed by atoms with Crippen LogP contribution in [0.4, 0.5) is 0 Å². The predicted octanol–water partition coefficient (Wildman–Crippen LogP) is -2.28. The molecule has 0 fully saturated rings. The highest BCUT2D eigenvalue weighted by Gasteiger charge is 2.04. The standard InChI is InChI=1S/C5H13NO3S.C4H6O2/c1-6(2)4-3-5-10(7,8)9;1-3(2)4(5)6/h3-5H2,1-2H3,(H,7,8,9);1H2,2H3,(H,5,6). The van der Waals surface area contributed by atoms with Gasteiger partial charge in [-0.15, -0.1) is 0 Å². The maximum absolute atomic E-state index is 10.2. The van der Waals surface area contributed by atoms with Crippen LogP contribution in [-0.2, 0) is 14.9 Å². The Morgan fingerprint density at radius 3 is 2.00 bits per heavy atom. The number of quaternary nitrogens is 1. The lowest BCUT2D eigenvalue weighted by Gasteiger charge is -2.04. The fourth-order valence-corrected chi connectivity index (χ4v) is 1.12. The van der Waals surface area contributed by atoms with Crippen molar-refractivity contribution in [1.29, 1.82) is 0 Å². The predicted molar refractivity (Wildman–Crippen MR) is 58.5 cm³/mol. The molecule has 0 aromatic carbocycles. The highest BCUT2D eigenvalue weighted by molar-refractivity contribution is 7.85. The number of carbonyl (C=O) groups excluding carboxylic acids is 1. The summed E-state index contributed by atoms with van der Waals surface area (Å²) in [5, 5.41) is 9.49. The molecule has 0 aliphatic heterocycles. The van der Waals surface area contributed by atoms with Crippen LogP contribution in [-0.4, -0.2) is 45.3 Å². The Kier molecular flexibility index (Phi) is 9.02. The van der Waals surface area contributed by atoms with Crippen molar-refractivity contribution in [2.45, 2.75) is 13.3 Å². The molecule has 0 aliphatic rings. The van der Waals surface area contributed by atoms with Gasteiger partial charge < -0.3 is 14.8 Å². The summed E-state index contributed by atoms with van der Waals surface area (Å²) in [4.78, 5) is 10.7. The van der Waals surface area contributed by atoms with E-state index < -0.39 is 16.1 Å². The van der Waals surface area contributed by atoms with Crippen LogP contribution in [0.1, 0.15) is 13.3 Å². The molecule has 0 rings (SSSR count). The zero-order valence-electron chi connectivity index (χ0n) is 9.82. The van der Waals surface area contributed by atoms with Crippen LogP contribution in [0.3, 0.4) is 0 Å². The number of carbonyl (C=O) groups is 1. The van der Waals surface area contributed by atoms with Crippen molar-refractivity contribution >= 4 is 16.1 Å². The molecule has 0 unspecified atom stereocenters. The molecule has 0 saturated carbocycles. The minimum absolute atomic E-state index is 0.0648. The maximum atomic E-state index is 10.2. The van der Waals surface area contributed by atoms with Crippen molar-refractivity contribution in [3.8, 4) is 0 Å². The van der Waals surface area contributed by atoms with E-state index in [0.29, 0.717) is 6.42 Å². The second kappa shape index (κ2) is 8.26. The van der Waals surface area contributed by atoms with Gasteiger partial charge in [-0.1, -0.05) is 6.58 Å². The molecule has 0 aliphatic carbocycles. The molecular formula is C9H19NO5S. The molecule has 0 aromatic rings. The van der Waals surface area contributed by atoms with Crippen LogP contribution in [0.5, 0.6) is 0 Å². The van der Waals surface area contributed by atoms with Gasteiger partial charge >= 0.3 is 0 Å². The highest BCUT2D eigenvalue weighted by atomic mass is 32.2. The zero-order chi connectivity index (χ0) is 13.4. The molecule has 0 aromatic heterocycles. The second-order valence-corrected chi connectivity index (χ2v) is 5.24. The average molecular weight is 253 g/mol. The molecule has 16 heavy (non-hydrogen) atoms. The minimum Gasteiger partial charge on any atom is -0.545 e. The first-order valence-corrected chi connectivity index (χ1v) is 6.28. The Hall–Kier alpha value is -0.920. The van der Waals surface area contributed by atoms with Crippen molar-refractivity contribution in [2.75, 3.05) is 26.4 Å². The first kappa shape index (κ1) is 17.5. The Morgan fingerprint density at radius 1 is 1.44 bits per heavy atom. The number of hydrogen-bond donors (Lipinski definition) is 2. The normalized spacial score (nSPS) is 10.6. The largest absolute Gasteiger partial charge is 0.545 e. The topological polar surface area (TPSA) is 98.9 Å². The van der Waals surface area contributed by atoms with E-state index in [1.54, 1.807) is 0 Å². The number of rotatable bonds is 5. The number of hydrogen-bond acceptors (Lipinski definition) is 4. The summed E-state index contributed by atoms with van der Waals surface area (Å²) in [5.41, 5.74) is 0.0648. The number of carboxylic acids is 1. The molecule has 0 radical (unpaired) electrons. The van der Waals surface area contributed by atoms with E-state index >= 15 is 0 Å². The summed E-state index contributed by atoms with van der Waals surface area (Å²) >= 11 is 0. The van der Waals surface area contributed by atoms with Gasteiger partial charge in [-0.05, 0) is 12.5 Å². The average Bonchev–Trinajstić information content (AvgIpc) is 2.01. The summed E-state index contributed by atoms with van der Waals surface area (Å²) in [7, 11) is 0.136. The quantitative estimate of drug-likeness (QED) is 0.425. The van der Waals surface area contributed by atoms with Crippen LogP contribution < -0.4 is 10.0 Å². The van der Waals surface area contributed by atoms with Gasteiger partial charge in [0.1, 0.15) is 0 Å². The number of aliphatic carboxylic acids is 1. The van der Waals surface area contributed by atoms with Gasteiger partial charge in [-0.25, -0.2) is 0 Å². The van der Waals surface area contributed by atoms with Crippen molar-refractivity contribution in [3.05, 3.63) is 12.2 Å². The monoisotopic (exact) mass is 253 g/mol. The third-order valence-electron chi connectivity index (χ3n) is 1.43. The van der Waals surface area contributed by atoms with E-state index in [1.807, 2.05) is 14.1 Å². The summed E-state index contributed by atoms with van der Waals surface area (Å²) < 4.78 is 28.6. The molecule has 6 nitrogen and oxygen atoms in total. The lowest BCUT2D eigenvalue weighted by Crippen LogP contribution is -3.05. The van der Waals surface area contributed by atoms with E-state index in [-0.39, 0.29) is 11.3 Å². The maximum Gasteiger partial charge on any atom is 0.265 e. The molecular weight excluding hydrogens is 234 g/mol. The summed E-state index contributed by atoms with van der Waals surface area (Å²) in [6.45, 7) is 5.24. The van der Waals surface area contributed by atoms with E-state index in [4.69, 9.17) is 4.55 Å². The second-order valence-electron chi connectivity index (χ2n) is 3.66. The van der Waals surface area contributed by atoms with Crippen molar-refractivity contribution in [3.63, 3.8) is 0 Å². The van der Waals surface area contributed by atoms with E-state index in [0.717, 1.165) is 6.54 Å². The van der Waals surface area contributed by atoms with Gasteiger partial charge in [0.15, 0.2) is 0 Å². The first-order chi connectivity index (χ1) is 7.06. The Morgan fingerprint density at radius 2 is 1.81 bits per heavy atom. The smallest absolute Gasteiger partial charge is 0.265 e. The van der Waals surface area contributed by atoms with E-state index in [9.17, 15) is 18.3 Å². The van der Waals surface area contributed by atoms with Crippen LogP contribution in [0.25, 0.3) is 0 Å². The minimum atomic E-state index is -3.73. The zero-order valence-corrected chi connectivity index (χ0v) is 10.6. The molecule has 0 spiro atoms. The lowest BCUT2D eigenvalue weighted by atomic mass is 10.4. The van der Waals surface area contributed by atoms with Crippen LogP contribution in [0.2, 0.25) is 0 Å².